The van der Waals surface area contributed by atoms with Crippen molar-refractivity contribution in [2.24, 2.45) is 28.6 Å². The predicted octanol–water partition coefficient (Wildman–Crippen LogP) is 3.08. The van der Waals surface area contributed by atoms with E-state index in [4.69, 9.17) is 0 Å². The van der Waals surface area contributed by atoms with Gasteiger partial charge in [-0.15, -0.1) is 0 Å². The third kappa shape index (κ3) is 2.41. The fourth-order valence-corrected chi connectivity index (χ4v) is 8.35. The lowest BCUT2D eigenvalue weighted by Crippen LogP contribution is -2.64. The molecule has 0 saturated heterocycles. The molecule has 5 heteroatoms. The highest BCUT2D eigenvalue weighted by Crippen LogP contribution is 2.71. The number of fused-ring (bicyclic) bond motifs is 5. The van der Waals surface area contributed by atoms with E-state index in [0.29, 0.717) is 24.7 Å². The van der Waals surface area contributed by atoms with Gasteiger partial charge in [0.2, 0.25) is 5.56 Å². The van der Waals surface area contributed by atoms with Gasteiger partial charge in [-0.05, 0) is 87.0 Å². The van der Waals surface area contributed by atoms with Crippen molar-refractivity contribution in [1.29, 1.82) is 0 Å². The number of H-pyrrole nitrogens is 1. The van der Waals surface area contributed by atoms with Crippen LogP contribution in [0.25, 0.3) is 0 Å². The highest BCUT2D eigenvalue weighted by atomic mass is 16.3. The molecule has 3 unspecified atom stereocenters. The molecule has 4 saturated carbocycles. The summed E-state index contributed by atoms with van der Waals surface area (Å²) in [7, 11) is 0. The van der Waals surface area contributed by atoms with E-state index in [1.54, 1.807) is 12.3 Å². The van der Waals surface area contributed by atoms with Gasteiger partial charge in [-0.1, -0.05) is 13.8 Å². The van der Waals surface area contributed by atoms with Gasteiger partial charge in [0.25, 0.3) is 0 Å². The first kappa shape index (κ1) is 19.8. The van der Waals surface area contributed by atoms with Gasteiger partial charge in [-0.3, -0.25) is 4.79 Å². The fourth-order valence-electron chi connectivity index (χ4n) is 8.35. The van der Waals surface area contributed by atoms with Gasteiger partial charge >= 0.3 is 0 Å². The molecular formula is C24H35NO4. The lowest BCUT2D eigenvalue weighted by Gasteiger charge is -2.64. The van der Waals surface area contributed by atoms with Crippen LogP contribution in [-0.2, 0) is 5.60 Å². The third-order valence-corrected chi connectivity index (χ3v) is 10.2. The van der Waals surface area contributed by atoms with Gasteiger partial charge in [0.05, 0.1) is 17.3 Å². The Bertz CT molecular complexity index is 848. The zero-order valence-corrected chi connectivity index (χ0v) is 17.7. The maximum atomic E-state index is 12.2. The van der Waals surface area contributed by atoms with Crippen molar-refractivity contribution in [1.82, 2.24) is 4.98 Å². The summed E-state index contributed by atoms with van der Waals surface area (Å²) in [6, 6.07) is 3.20. The smallest absolute Gasteiger partial charge is 0.247 e. The van der Waals surface area contributed by atoms with Crippen LogP contribution in [0.2, 0.25) is 0 Å². The summed E-state index contributed by atoms with van der Waals surface area (Å²) in [5.74, 6) is 1.18. The van der Waals surface area contributed by atoms with E-state index in [2.05, 4.69) is 18.8 Å². The average molecular weight is 402 g/mol. The number of aliphatic hydroxyl groups excluding tert-OH is 1. The van der Waals surface area contributed by atoms with Crippen molar-refractivity contribution < 1.29 is 15.3 Å². The van der Waals surface area contributed by atoms with Crippen LogP contribution in [0.15, 0.2) is 23.1 Å². The van der Waals surface area contributed by atoms with Gasteiger partial charge < -0.3 is 20.3 Å². The molecule has 0 aromatic carbocycles. The van der Waals surface area contributed by atoms with Crippen molar-refractivity contribution in [2.45, 2.75) is 88.9 Å². The number of hydrogen-bond donors (Lipinski definition) is 4. The van der Waals surface area contributed by atoms with Crippen molar-refractivity contribution in [3.63, 3.8) is 0 Å². The first-order valence-electron chi connectivity index (χ1n) is 11.5. The molecule has 1 heterocycles. The molecule has 1 aromatic rings. The first-order chi connectivity index (χ1) is 13.6. The minimum atomic E-state index is -1.13. The third-order valence-electron chi connectivity index (χ3n) is 10.2. The van der Waals surface area contributed by atoms with Gasteiger partial charge in [0.1, 0.15) is 0 Å². The fraction of sp³-hybridized carbons (Fsp3) is 0.792. The summed E-state index contributed by atoms with van der Waals surface area (Å²) in [5.41, 5.74) is -1.93. The van der Waals surface area contributed by atoms with Crippen molar-refractivity contribution in [3.8, 4) is 0 Å². The average Bonchev–Trinajstić information content (AvgIpc) is 2.91. The minimum Gasteiger partial charge on any atom is -0.393 e. The number of aromatic nitrogens is 1. The number of aliphatic hydroxyl groups is 3. The normalized spacial score (nSPS) is 51.8. The van der Waals surface area contributed by atoms with Crippen LogP contribution in [0.4, 0.5) is 0 Å². The molecule has 5 nitrogen and oxygen atoms in total. The Hall–Kier alpha value is -1.17. The second-order valence-corrected chi connectivity index (χ2v) is 11.0. The number of nitrogens with one attached hydrogen (secondary N) is 1. The molecule has 4 fully saturated rings. The molecule has 4 N–H and O–H groups in total. The van der Waals surface area contributed by atoms with E-state index < -0.39 is 16.6 Å². The molecule has 0 amide bonds. The Morgan fingerprint density at radius 1 is 0.966 bits per heavy atom. The lowest BCUT2D eigenvalue weighted by atomic mass is 9.43. The number of rotatable bonds is 1. The van der Waals surface area contributed by atoms with Crippen LogP contribution in [0.1, 0.15) is 77.2 Å². The van der Waals surface area contributed by atoms with Crippen LogP contribution in [0.5, 0.6) is 0 Å². The summed E-state index contributed by atoms with van der Waals surface area (Å²) in [5, 5.41) is 34.3. The van der Waals surface area contributed by atoms with Gasteiger partial charge in [-0.25, -0.2) is 0 Å². The molecule has 0 spiro atoms. The molecule has 4 aliphatic rings. The van der Waals surface area contributed by atoms with E-state index in [1.807, 2.05) is 0 Å². The van der Waals surface area contributed by atoms with Crippen LogP contribution < -0.4 is 5.56 Å². The molecule has 1 aromatic heterocycles. The minimum absolute atomic E-state index is 0.168. The van der Waals surface area contributed by atoms with Crippen LogP contribution in [-0.4, -0.2) is 32.0 Å². The second-order valence-electron chi connectivity index (χ2n) is 11.0. The molecule has 29 heavy (non-hydrogen) atoms. The van der Waals surface area contributed by atoms with E-state index in [-0.39, 0.29) is 23.0 Å². The van der Waals surface area contributed by atoms with Gasteiger partial charge in [-0.2, -0.15) is 0 Å². The molecule has 0 radical (unpaired) electrons. The van der Waals surface area contributed by atoms with E-state index in [0.717, 1.165) is 50.5 Å². The van der Waals surface area contributed by atoms with E-state index >= 15 is 0 Å². The van der Waals surface area contributed by atoms with E-state index in [1.165, 1.54) is 6.07 Å². The Kier molecular flexibility index (Phi) is 4.21. The summed E-state index contributed by atoms with van der Waals surface area (Å²) in [4.78, 5) is 14.3. The molecular weight excluding hydrogens is 366 g/mol. The van der Waals surface area contributed by atoms with Crippen molar-refractivity contribution >= 4 is 0 Å². The Morgan fingerprint density at radius 2 is 1.76 bits per heavy atom. The largest absolute Gasteiger partial charge is 0.393 e. The topological polar surface area (TPSA) is 93.5 Å². The van der Waals surface area contributed by atoms with Crippen LogP contribution in [0, 0.1) is 28.6 Å². The van der Waals surface area contributed by atoms with Gasteiger partial charge in [0.15, 0.2) is 0 Å². The van der Waals surface area contributed by atoms with Crippen LogP contribution >= 0.6 is 0 Å². The van der Waals surface area contributed by atoms with Crippen molar-refractivity contribution in [2.75, 3.05) is 0 Å². The molecule has 4 aliphatic carbocycles. The molecule has 0 bridgehead atoms. The number of hydrogen-bond acceptors (Lipinski definition) is 4. The zero-order valence-electron chi connectivity index (χ0n) is 17.7. The standard InChI is InChI=1S/C24H35NO4/c1-21-9-7-17(26)13-15(21)3-5-19-18(21)8-10-22(2)23(28,11-12-24(19,22)29)16-4-6-20(27)25-14-16/h4,6,14-15,17-19,26,28-29H,3,5,7-13H2,1-2H3,(H,25,27)/t15?,17?,18-,19-,21+,22-,23?,24-/m1/s1. The highest BCUT2D eigenvalue weighted by Gasteiger charge is 2.72. The molecule has 8 atom stereocenters. The lowest BCUT2D eigenvalue weighted by molar-refractivity contribution is -0.238. The number of pyridine rings is 1. The second kappa shape index (κ2) is 6.18. The summed E-state index contributed by atoms with van der Waals surface area (Å²) >= 11 is 0. The maximum Gasteiger partial charge on any atom is 0.247 e. The monoisotopic (exact) mass is 401 g/mol. The van der Waals surface area contributed by atoms with Crippen molar-refractivity contribution in [3.05, 3.63) is 34.2 Å². The Labute approximate surface area is 172 Å². The molecule has 160 valence electrons. The molecule has 5 rings (SSSR count). The molecule has 0 aliphatic heterocycles. The number of aromatic amines is 1. The van der Waals surface area contributed by atoms with E-state index in [9.17, 15) is 20.1 Å². The van der Waals surface area contributed by atoms with Crippen LogP contribution in [0.3, 0.4) is 0 Å². The SMILES string of the molecule is C[C@]12CCC(O)CC1CC[C@@H]1[C@H]2CC[C@]2(C)C(O)(c3ccc(=O)[nH]c3)CC[C@@]12O. The Balaban J connectivity index is 1.52. The summed E-state index contributed by atoms with van der Waals surface area (Å²) in [6.07, 6.45) is 9.22. The van der Waals surface area contributed by atoms with Gasteiger partial charge in [0, 0.05) is 23.2 Å². The summed E-state index contributed by atoms with van der Waals surface area (Å²) in [6.45, 7) is 4.47. The highest BCUT2D eigenvalue weighted by molar-refractivity contribution is 5.30. The first-order valence-corrected chi connectivity index (χ1v) is 11.5. The maximum absolute atomic E-state index is 12.2. The predicted molar refractivity (Wildman–Crippen MR) is 110 cm³/mol. The Morgan fingerprint density at radius 3 is 2.48 bits per heavy atom. The zero-order chi connectivity index (χ0) is 20.7. The quantitative estimate of drug-likeness (QED) is 0.582. The summed E-state index contributed by atoms with van der Waals surface area (Å²) < 4.78 is 0.